The highest BCUT2D eigenvalue weighted by Gasteiger charge is 2.09. The van der Waals surface area contributed by atoms with E-state index in [1.54, 1.807) is 12.1 Å². The van der Waals surface area contributed by atoms with Crippen LogP contribution >= 0.6 is 0 Å². The number of benzene rings is 2. The van der Waals surface area contributed by atoms with Crippen molar-refractivity contribution in [3.8, 4) is 5.75 Å². The van der Waals surface area contributed by atoms with E-state index in [0.717, 1.165) is 5.56 Å². The lowest BCUT2D eigenvalue weighted by Gasteiger charge is -2.07. The summed E-state index contributed by atoms with van der Waals surface area (Å²) in [5, 5.41) is 10.5. The van der Waals surface area contributed by atoms with Crippen molar-refractivity contribution in [1.82, 2.24) is 0 Å². The predicted octanol–water partition coefficient (Wildman–Crippen LogP) is 3.45. The van der Waals surface area contributed by atoms with Crippen molar-refractivity contribution < 1.29 is 19.3 Å². The second-order valence-electron chi connectivity index (χ2n) is 4.17. The molecule has 0 radical (unpaired) electrons. The maximum Gasteiger partial charge on any atom is 0.538 e. The highest BCUT2D eigenvalue weighted by molar-refractivity contribution is 5.65. The number of nitrogens with one attached hydrogen (secondary N) is 1. The van der Waals surface area contributed by atoms with E-state index < -0.39 is 11.1 Å². The largest absolute Gasteiger partial charge is 0.538 e. The summed E-state index contributed by atoms with van der Waals surface area (Å²) in [7, 11) is 0. The summed E-state index contributed by atoms with van der Waals surface area (Å²) < 4.78 is 4.85. The summed E-state index contributed by atoms with van der Waals surface area (Å²) in [6.07, 6.45) is -0.968. The van der Waals surface area contributed by atoms with Crippen molar-refractivity contribution in [2.45, 2.75) is 6.92 Å². The zero-order chi connectivity index (χ0) is 15.2. The third kappa shape index (κ3) is 4.20. The molecule has 0 saturated heterocycles. The molecule has 0 bridgehead atoms. The second-order valence-corrected chi connectivity index (χ2v) is 4.17. The Bertz CT molecular complexity index is 637. The molecule has 0 fully saturated rings. The van der Waals surface area contributed by atoms with Crippen molar-refractivity contribution >= 4 is 17.5 Å². The maximum absolute atomic E-state index is 11.4. The molecule has 0 saturated carbocycles. The molecule has 0 aliphatic carbocycles. The lowest BCUT2D eigenvalue weighted by atomic mass is 10.2. The summed E-state index contributed by atoms with van der Waals surface area (Å²) in [6, 6.07) is 12.3. The fourth-order valence-electron chi connectivity index (χ4n) is 1.48. The van der Waals surface area contributed by atoms with Crippen LogP contribution in [-0.2, 0) is 4.84 Å². The fourth-order valence-corrected chi connectivity index (χ4v) is 1.48. The molecule has 108 valence electrons. The molecule has 0 aliphatic rings. The van der Waals surface area contributed by atoms with Gasteiger partial charge in [-0.15, -0.1) is 0 Å². The first-order valence-electron chi connectivity index (χ1n) is 6.00. The summed E-state index contributed by atoms with van der Waals surface area (Å²) in [5.41, 5.74) is 4.03. The van der Waals surface area contributed by atoms with Crippen molar-refractivity contribution in [3.05, 3.63) is 64.2 Å². The first-order chi connectivity index (χ1) is 10.0. The van der Waals surface area contributed by atoms with Gasteiger partial charge in [0.25, 0.3) is 5.69 Å². The van der Waals surface area contributed by atoms with E-state index in [9.17, 15) is 14.9 Å². The molecule has 0 aliphatic heterocycles. The molecule has 2 aromatic rings. The Morgan fingerprint density at radius 1 is 1.10 bits per heavy atom. The van der Waals surface area contributed by atoms with E-state index in [1.807, 2.05) is 19.1 Å². The smallest absolute Gasteiger partial charge is 0.393 e. The molecule has 0 unspecified atom stereocenters. The number of anilines is 1. The minimum atomic E-state index is -0.968. The molecular formula is C14H12N2O5. The maximum atomic E-state index is 11.4. The molecule has 2 aromatic carbocycles. The van der Waals surface area contributed by atoms with Gasteiger partial charge in [0.2, 0.25) is 0 Å². The van der Waals surface area contributed by atoms with E-state index in [0.29, 0.717) is 5.69 Å². The van der Waals surface area contributed by atoms with Gasteiger partial charge >= 0.3 is 6.16 Å². The number of hydrogen-bond acceptors (Lipinski definition) is 6. The van der Waals surface area contributed by atoms with Gasteiger partial charge in [-0.05, 0) is 31.2 Å². The first-order valence-corrected chi connectivity index (χ1v) is 6.00. The third-order valence-corrected chi connectivity index (χ3v) is 2.55. The van der Waals surface area contributed by atoms with Crippen LogP contribution in [0.15, 0.2) is 48.5 Å². The molecule has 21 heavy (non-hydrogen) atoms. The number of aryl methyl sites for hydroxylation is 1. The van der Waals surface area contributed by atoms with Gasteiger partial charge in [0.1, 0.15) is 5.75 Å². The Balaban J connectivity index is 1.86. The monoisotopic (exact) mass is 288 g/mol. The molecule has 0 spiro atoms. The Kier molecular flexibility index (Phi) is 4.35. The predicted molar refractivity (Wildman–Crippen MR) is 75.0 cm³/mol. The van der Waals surface area contributed by atoms with Crippen LogP contribution < -0.4 is 10.2 Å². The number of hydrogen-bond donors (Lipinski definition) is 1. The van der Waals surface area contributed by atoms with E-state index in [4.69, 9.17) is 9.57 Å². The number of carbonyl (C=O) groups is 1. The quantitative estimate of drug-likeness (QED) is 0.401. The van der Waals surface area contributed by atoms with Crippen LogP contribution in [0.4, 0.5) is 16.2 Å². The van der Waals surface area contributed by atoms with Crippen molar-refractivity contribution in [2.24, 2.45) is 0 Å². The second kappa shape index (κ2) is 6.38. The zero-order valence-electron chi connectivity index (χ0n) is 11.1. The highest BCUT2D eigenvalue weighted by Crippen LogP contribution is 2.17. The lowest BCUT2D eigenvalue weighted by molar-refractivity contribution is -0.384. The average Bonchev–Trinajstić information content (AvgIpc) is 2.47. The van der Waals surface area contributed by atoms with Crippen molar-refractivity contribution in [1.29, 1.82) is 0 Å². The Hall–Kier alpha value is -3.09. The zero-order valence-corrected chi connectivity index (χ0v) is 11.1. The SMILES string of the molecule is Cc1ccc(NOC(=O)Oc2ccc([N+](=O)[O-])cc2)cc1. The highest BCUT2D eigenvalue weighted by atomic mass is 16.8. The molecule has 2 rings (SSSR count). The summed E-state index contributed by atoms with van der Waals surface area (Å²) >= 11 is 0. The number of non-ortho nitro benzene ring substituents is 1. The standard InChI is InChI=1S/C14H12N2O5/c1-10-2-4-11(5-3-10)15-21-14(17)20-13-8-6-12(7-9-13)16(18)19/h2-9,15H,1H3. The molecule has 7 heteroatoms. The van der Waals surface area contributed by atoms with Gasteiger partial charge in [-0.25, -0.2) is 10.3 Å². The Morgan fingerprint density at radius 3 is 2.29 bits per heavy atom. The first kappa shape index (κ1) is 14.3. The molecule has 7 nitrogen and oxygen atoms in total. The minimum absolute atomic E-state index is 0.0894. The van der Waals surface area contributed by atoms with Gasteiger partial charge in [-0.3, -0.25) is 10.1 Å². The van der Waals surface area contributed by atoms with Crippen LogP contribution in [0.1, 0.15) is 5.56 Å². The normalized spacial score (nSPS) is 9.76. The molecule has 0 amide bonds. The average molecular weight is 288 g/mol. The van der Waals surface area contributed by atoms with E-state index in [1.165, 1.54) is 24.3 Å². The molecule has 0 heterocycles. The van der Waals surface area contributed by atoms with Crippen LogP contribution in [-0.4, -0.2) is 11.1 Å². The topological polar surface area (TPSA) is 90.7 Å². The van der Waals surface area contributed by atoms with E-state index >= 15 is 0 Å². The molecular weight excluding hydrogens is 276 g/mol. The number of rotatable bonds is 4. The number of ether oxygens (including phenoxy) is 1. The van der Waals surface area contributed by atoms with Gasteiger partial charge in [0, 0.05) is 12.1 Å². The van der Waals surface area contributed by atoms with Crippen LogP contribution in [0.25, 0.3) is 0 Å². The number of nitro benzene ring substituents is 1. The van der Waals surface area contributed by atoms with Gasteiger partial charge in [-0.2, -0.15) is 0 Å². The minimum Gasteiger partial charge on any atom is -0.393 e. The van der Waals surface area contributed by atoms with Crippen LogP contribution in [0, 0.1) is 17.0 Å². The molecule has 1 N–H and O–H groups in total. The van der Waals surface area contributed by atoms with Crippen LogP contribution in [0.5, 0.6) is 5.75 Å². The summed E-state index contributed by atoms with van der Waals surface area (Å²) in [5.74, 6) is 0.149. The van der Waals surface area contributed by atoms with Crippen LogP contribution in [0.3, 0.4) is 0 Å². The Labute approximate surface area is 120 Å². The van der Waals surface area contributed by atoms with Gasteiger partial charge < -0.3 is 9.57 Å². The molecule has 0 atom stereocenters. The summed E-state index contributed by atoms with van der Waals surface area (Å²) in [4.78, 5) is 26.1. The summed E-state index contributed by atoms with van der Waals surface area (Å²) in [6.45, 7) is 1.94. The van der Waals surface area contributed by atoms with E-state index in [-0.39, 0.29) is 11.4 Å². The van der Waals surface area contributed by atoms with Gasteiger partial charge in [0.15, 0.2) is 0 Å². The number of nitro groups is 1. The Morgan fingerprint density at radius 2 is 1.71 bits per heavy atom. The van der Waals surface area contributed by atoms with Crippen LogP contribution in [0.2, 0.25) is 0 Å². The van der Waals surface area contributed by atoms with Crippen molar-refractivity contribution in [2.75, 3.05) is 5.48 Å². The fraction of sp³-hybridized carbons (Fsp3) is 0.0714. The molecule has 0 aromatic heterocycles. The van der Waals surface area contributed by atoms with E-state index in [2.05, 4.69) is 5.48 Å². The third-order valence-electron chi connectivity index (χ3n) is 2.55. The number of carbonyl (C=O) groups excluding carboxylic acids is 1. The lowest BCUT2D eigenvalue weighted by Crippen LogP contribution is -2.14. The van der Waals surface area contributed by atoms with Gasteiger partial charge in [0.05, 0.1) is 10.6 Å². The van der Waals surface area contributed by atoms with Crippen molar-refractivity contribution in [3.63, 3.8) is 0 Å². The van der Waals surface area contributed by atoms with Gasteiger partial charge in [-0.1, -0.05) is 17.7 Å². The number of nitrogens with zero attached hydrogens (tertiary/aromatic N) is 1.